The maximum atomic E-state index is 12.4. The Morgan fingerprint density at radius 1 is 1.00 bits per heavy atom. The molecule has 1 aliphatic heterocycles. The number of hydrogen-bond acceptors (Lipinski definition) is 7. The summed E-state index contributed by atoms with van der Waals surface area (Å²) in [5.74, 6) is -2.73. The summed E-state index contributed by atoms with van der Waals surface area (Å²) in [4.78, 5) is 21.9. The van der Waals surface area contributed by atoms with E-state index in [1.807, 2.05) is 0 Å². The van der Waals surface area contributed by atoms with E-state index < -0.39 is 32.8 Å². The molecule has 0 atom stereocenters. The summed E-state index contributed by atoms with van der Waals surface area (Å²) < 4.78 is 74.2. The van der Waals surface area contributed by atoms with E-state index in [4.69, 9.17) is 9.47 Å². The van der Waals surface area contributed by atoms with Crippen LogP contribution in [0.25, 0.3) is 0 Å². The zero-order chi connectivity index (χ0) is 19.8. The molecular weight excluding hydrogens is 411 g/mol. The highest BCUT2D eigenvalue weighted by atomic mass is 32.2. The maximum absolute atomic E-state index is 12.4. The lowest BCUT2D eigenvalue weighted by molar-refractivity contribution is -0.0882. The van der Waals surface area contributed by atoms with Crippen LogP contribution in [0.2, 0.25) is 0 Å². The summed E-state index contributed by atoms with van der Waals surface area (Å²) >= 11 is 0.244. The lowest BCUT2D eigenvalue weighted by atomic mass is 10.3. The van der Waals surface area contributed by atoms with E-state index in [1.54, 1.807) is 4.72 Å². The molecule has 0 saturated carbocycles. The van der Waals surface area contributed by atoms with Crippen molar-refractivity contribution in [1.29, 1.82) is 0 Å². The molecule has 7 nitrogen and oxygen atoms in total. The van der Waals surface area contributed by atoms with Crippen molar-refractivity contribution in [3.8, 4) is 11.5 Å². The third kappa shape index (κ3) is 4.06. The zero-order valence-corrected chi connectivity index (χ0v) is 14.8. The number of benzene rings is 1. The van der Waals surface area contributed by atoms with E-state index in [1.165, 1.54) is 12.1 Å². The molecule has 0 fully saturated rings. The molecular formula is C15H10F3NO6S2. The van der Waals surface area contributed by atoms with Gasteiger partial charge in [0.05, 0.1) is 14.6 Å². The van der Waals surface area contributed by atoms with Gasteiger partial charge in [-0.15, -0.1) is 11.3 Å². The number of alkyl halides is 3. The van der Waals surface area contributed by atoms with Gasteiger partial charge in [0, 0.05) is 6.07 Å². The Kier molecular flexibility index (Phi) is 4.86. The quantitative estimate of drug-likeness (QED) is 0.762. The van der Waals surface area contributed by atoms with Gasteiger partial charge in [-0.3, -0.25) is 9.59 Å². The molecule has 0 saturated heterocycles. The van der Waals surface area contributed by atoms with E-state index in [2.05, 4.69) is 0 Å². The first-order valence-corrected chi connectivity index (χ1v) is 9.56. The van der Waals surface area contributed by atoms with Gasteiger partial charge in [0.2, 0.25) is 0 Å². The minimum atomic E-state index is -5.09. The number of carbonyl (C=O) groups is 2. The van der Waals surface area contributed by atoms with Gasteiger partial charge in [0.15, 0.2) is 11.5 Å². The van der Waals surface area contributed by atoms with Crippen LogP contribution < -0.4 is 14.2 Å². The van der Waals surface area contributed by atoms with Crippen molar-refractivity contribution in [3.05, 3.63) is 40.1 Å². The SMILES string of the molecule is O=C(NS(=O)(=O)c1ccc2c(c1)OCCO2)c1ccc(C(=O)C(F)(F)F)s1. The molecule has 1 aromatic carbocycles. The van der Waals surface area contributed by atoms with Crippen LogP contribution in [0.5, 0.6) is 11.5 Å². The first-order valence-electron chi connectivity index (χ1n) is 7.26. The molecule has 0 unspecified atom stereocenters. The number of hydrogen-bond donors (Lipinski definition) is 1. The number of rotatable bonds is 4. The van der Waals surface area contributed by atoms with E-state index in [0.29, 0.717) is 12.4 Å². The molecule has 1 aliphatic rings. The predicted octanol–water partition coefficient (Wildman–Crippen LogP) is 2.38. The average Bonchev–Trinajstić information content (AvgIpc) is 3.09. The van der Waals surface area contributed by atoms with Crippen molar-refractivity contribution in [3.63, 3.8) is 0 Å². The number of fused-ring (bicyclic) bond motifs is 1. The minimum Gasteiger partial charge on any atom is -0.486 e. The van der Waals surface area contributed by atoms with Crippen molar-refractivity contribution in [2.45, 2.75) is 11.1 Å². The Balaban J connectivity index is 1.79. The Morgan fingerprint density at radius 2 is 1.63 bits per heavy atom. The minimum absolute atomic E-state index is 0.186. The van der Waals surface area contributed by atoms with Crippen LogP contribution in [-0.4, -0.2) is 39.5 Å². The fourth-order valence-corrected chi connectivity index (χ4v) is 4.05. The van der Waals surface area contributed by atoms with Gasteiger partial charge in [0.1, 0.15) is 13.2 Å². The maximum Gasteiger partial charge on any atom is 0.455 e. The van der Waals surface area contributed by atoms with Crippen molar-refractivity contribution in [2.75, 3.05) is 13.2 Å². The predicted molar refractivity (Wildman–Crippen MR) is 86.8 cm³/mol. The zero-order valence-electron chi connectivity index (χ0n) is 13.2. The molecule has 1 amide bonds. The summed E-state index contributed by atoms with van der Waals surface area (Å²) in [5, 5.41) is 0. The van der Waals surface area contributed by atoms with Gasteiger partial charge < -0.3 is 9.47 Å². The average molecular weight is 421 g/mol. The Bertz CT molecular complexity index is 1010. The summed E-state index contributed by atoms with van der Waals surface area (Å²) in [6, 6.07) is 5.47. The third-order valence-corrected chi connectivity index (χ3v) is 5.77. The van der Waals surface area contributed by atoms with Crippen LogP contribution in [0.15, 0.2) is 35.2 Å². The number of amides is 1. The highest BCUT2D eigenvalue weighted by Crippen LogP contribution is 2.32. The second-order valence-electron chi connectivity index (χ2n) is 5.23. The largest absolute Gasteiger partial charge is 0.486 e. The second kappa shape index (κ2) is 6.85. The normalized spacial score (nSPS) is 13.9. The van der Waals surface area contributed by atoms with E-state index in [-0.39, 0.29) is 33.5 Å². The van der Waals surface area contributed by atoms with Crippen LogP contribution in [0.1, 0.15) is 19.3 Å². The smallest absolute Gasteiger partial charge is 0.455 e. The fourth-order valence-electron chi connectivity index (χ4n) is 2.14. The van der Waals surface area contributed by atoms with Gasteiger partial charge in [-0.2, -0.15) is 13.2 Å². The molecule has 0 spiro atoms. The number of ether oxygens (including phenoxy) is 2. The third-order valence-electron chi connectivity index (χ3n) is 3.36. The summed E-state index contributed by atoms with van der Waals surface area (Å²) in [7, 11) is -4.32. The summed E-state index contributed by atoms with van der Waals surface area (Å²) in [6.45, 7) is 0.543. The van der Waals surface area contributed by atoms with Gasteiger partial charge in [0.25, 0.3) is 21.7 Å². The van der Waals surface area contributed by atoms with Crippen molar-refractivity contribution < 1.29 is 40.7 Å². The standard InChI is InChI=1S/C15H10F3NO6S2/c16-15(17,18)13(20)11-3-4-12(26-11)14(21)19-27(22,23)8-1-2-9-10(7-8)25-6-5-24-9/h1-4,7H,5-6H2,(H,19,21). The molecule has 144 valence electrons. The van der Waals surface area contributed by atoms with E-state index in [0.717, 1.165) is 18.2 Å². The molecule has 0 bridgehead atoms. The second-order valence-corrected chi connectivity index (χ2v) is 8.00. The molecule has 2 aromatic rings. The monoisotopic (exact) mass is 421 g/mol. The van der Waals surface area contributed by atoms with Crippen LogP contribution in [0, 0.1) is 0 Å². The molecule has 12 heteroatoms. The number of sulfonamides is 1. The molecule has 2 heterocycles. The van der Waals surface area contributed by atoms with Gasteiger partial charge in [-0.05, 0) is 24.3 Å². The fraction of sp³-hybridized carbons (Fsp3) is 0.200. The first kappa shape index (κ1) is 19.2. The van der Waals surface area contributed by atoms with Gasteiger partial charge in [-0.25, -0.2) is 13.1 Å². The van der Waals surface area contributed by atoms with Gasteiger partial charge in [-0.1, -0.05) is 0 Å². The van der Waals surface area contributed by atoms with E-state index >= 15 is 0 Å². The Morgan fingerprint density at radius 3 is 2.30 bits per heavy atom. The van der Waals surface area contributed by atoms with E-state index in [9.17, 15) is 31.2 Å². The van der Waals surface area contributed by atoms with Crippen LogP contribution >= 0.6 is 11.3 Å². The summed E-state index contributed by atoms with van der Waals surface area (Å²) in [6.07, 6.45) is -5.09. The lowest BCUT2D eigenvalue weighted by Crippen LogP contribution is -2.30. The molecule has 0 radical (unpaired) electrons. The number of ketones is 1. The molecule has 0 aliphatic carbocycles. The van der Waals surface area contributed by atoms with Crippen molar-refractivity contribution >= 4 is 33.1 Å². The highest BCUT2D eigenvalue weighted by Gasteiger charge is 2.40. The van der Waals surface area contributed by atoms with Gasteiger partial charge >= 0.3 is 6.18 Å². The molecule has 27 heavy (non-hydrogen) atoms. The number of carbonyl (C=O) groups excluding carboxylic acids is 2. The van der Waals surface area contributed by atoms with Crippen LogP contribution in [0.4, 0.5) is 13.2 Å². The number of nitrogens with one attached hydrogen (secondary N) is 1. The molecule has 1 aromatic heterocycles. The van der Waals surface area contributed by atoms with Crippen molar-refractivity contribution in [1.82, 2.24) is 4.72 Å². The summed E-state index contributed by atoms with van der Waals surface area (Å²) in [5.41, 5.74) is 0. The lowest BCUT2D eigenvalue weighted by Gasteiger charge is -2.18. The molecule has 1 N–H and O–H groups in total. The number of thiophene rings is 1. The van der Waals surface area contributed by atoms with Crippen molar-refractivity contribution in [2.24, 2.45) is 0 Å². The topological polar surface area (TPSA) is 98.8 Å². The Hall–Kier alpha value is -2.60. The number of Topliss-reactive ketones (excluding diaryl/α,β-unsaturated/α-hetero) is 1. The van der Waals surface area contributed by atoms with Crippen LogP contribution in [0.3, 0.4) is 0 Å². The van der Waals surface area contributed by atoms with Crippen LogP contribution in [-0.2, 0) is 10.0 Å². The molecule has 3 rings (SSSR count). The Labute approximate surface area is 154 Å². The first-order chi connectivity index (χ1) is 12.6. The highest BCUT2D eigenvalue weighted by molar-refractivity contribution is 7.90. The number of halogens is 3.